The number of amidine groups is 1. The average Bonchev–Trinajstić information content (AvgIpc) is 3.03. The number of nitrogens with one attached hydrogen (secondary N) is 1. The maximum Gasteiger partial charge on any atom is 0.417 e. The minimum atomic E-state index is -4.47. The van der Waals surface area contributed by atoms with E-state index in [1.165, 1.54) is 23.2 Å². The van der Waals surface area contributed by atoms with Crippen molar-refractivity contribution < 1.29 is 22.3 Å². The van der Waals surface area contributed by atoms with Gasteiger partial charge in [0, 0.05) is 24.9 Å². The van der Waals surface area contributed by atoms with Crippen LogP contribution in [0.5, 0.6) is 11.6 Å². The molecule has 32 heavy (non-hydrogen) atoms. The minimum absolute atomic E-state index is 0.00138. The third-order valence-corrected chi connectivity index (χ3v) is 5.26. The van der Waals surface area contributed by atoms with Crippen molar-refractivity contribution in [2.45, 2.75) is 11.3 Å². The molecule has 0 saturated heterocycles. The lowest BCUT2D eigenvalue weighted by Gasteiger charge is -2.23. The average molecular weight is 485 g/mol. The molecule has 2 aromatic carbocycles. The third kappa shape index (κ3) is 4.36. The van der Waals surface area contributed by atoms with Gasteiger partial charge in [0.2, 0.25) is 11.0 Å². The van der Waals surface area contributed by atoms with Crippen LogP contribution in [0, 0.1) is 5.82 Å². The Morgan fingerprint density at radius 2 is 1.78 bits per heavy atom. The van der Waals surface area contributed by atoms with Crippen LogP contribution in [0.4, 0.5) is 17.6 Å². The molecule has 0 amide bonds. The summed E-state index contributed by atoms with van der Waals surface area (Å²) < 4.78 is 57.8. The highest BCUT2D eigenvalue weighted by Gasteiger charge is 2.41. The van der Waals surface area contributed by atoms with E-state index in [2.05, 4.69) is 15.4 Å². The molecule has 11 heteroatoms. The molecule has 0 saturated carbocycles. The number of aliphatic imine (C=N–C) groups is 1. The molecule has 3 aromatic rings. The summed E-state index contributed by atoms with van der Waals surface area (Å²) >= 11 is 12.7. The fourth-order valence-corrected chi connectivity index (χ4v) is 3.85. The molecule has 0 bridgehead atoms. The number of alkyl halides is 4. The van der Waals surface area contributed by atoms with Gasteiger partial charge in [0.15, 0.2) is 0 Å². The van der Waals surface area contributed by atoms with E-state index >= 15 is 0 Å². The first-order valence-corrected chi connectivity index (χ1v) is 9.89. The lowest BCUT2D eigenvalue weighted by atomic mass is 10.1. The van der Waals surface area contributed by atoms with Gasteiger partial charge in [-0.1, -0.05) is 29.3 Å². The summed E-state index contributed by atoms with van der Waals surface area (Å²) in [7, 11) is 1.66. The highest BCUT2D eigenvalue weighted by atomic mass is 35.5. The van der Waals surface area contributed by atoms with Crippen molar-refractivity contribution in [3.8, 4) is 11.6 Å². The van der Waals surface area contributed by atoms with E-state index in [1.54, 1.807) is 31.3 Å². The number of hydrogen-bond acceptors (Lipinski definition) is 5. The van der Waals surface area contributed by atoms with Gasteiger partial charge in [0.1, 0.15) is 17.4 Å². The van der Waals surface area contributed by atoms with Gasteiger partial charge >= 0.3 is 6.18 Å². The van der Waals surface area contributed by atoms with Crippen molar-refractivity contribution in [2.75, 3.05) is 7.05 Å². The van der Waals surface area contributed by atoms with Gasteiger partial charge in [-0.2, -0.15) is 18.6 Å². The van der Waals surface area contributed by atoms with Crippen molar-refractivity contribution in [3.05, 3.63) is 88.3 Å². The molecule has 0 radical (unpaired) electrons. The lowest BCUT2D eigenvalue weighted by molar-refractivity contribution is -0.137. The Bertz CT molecular complexity index is 1150. The van der Waals surface area contributed by atoms with E-state index in [1.807, 2.05) is 0 Å². The van der Waals surface area contributed by atoms with Crippen LogP contribution in [0.25, 0.3) is 0 Å². The van der Waals surface area contributed by atoms with Crippen LogP contribution in [0.1, 0.15) is 16.7 Å². The number of nitrogens with zero attached hydrogens (tertiary/aromatic N) is 3. The summed E-state index contributed by atoms with van der Waals surface area (Å²) in [5.74, 6) is 0.172. The van der Waals surface area contributed by atoms with Gasteiger partial charge in [-0.3, -0.25) is 5.01 Å². The zero-order valence-corrected chi connectivity index (χ0v) is 17.8. The summed E-state index contributed by atoms with van der Waals surface area (Å²) in [6, 6.07) is 12.8. The zero-order valence-electron chi connectivity index (χ0n) is 16.3. The Balaban J connectivity index is 1.55. The van der Waals surface area contributed by atoms with Gasteiger partial charge in [-0.25, -0.2) is 14.4 Å². The molecule has 5 nitrogen and oxygen atoms in total. The van der Waals surface area contributed by atoms with E-state index < -0.39 is 22.7 Å². The topological polar surface area (TPSA) is 49.8 Å². The molecule has 0 aliphatic carbocycles. The van der Waals surface area contributed by atoms with E-state index in [0.29, 0.717) is 23.3 Å². The molecule has 1 N–H and O–H groups in total. The second kappa shape index (κ2) is 8.23. The molecule has 2 heterocycles. The highest BCUT2D eigenvalue weighted by molar-refractivity contribution is 6.33. The molecule has 1 aromatic heterocycles. The van der Waals surface area contributed by atoms with Crippen LogP contribution in [-0.2, 0) is 11.3 Å². The van der Waals surface area contributed by atoms with Gasteiger partial charge in [-0.05, 0) is 42.5 Å². The number of rotatable bonds is 4. The van der Waals surface area contributed by atoms with Crippen molar-refractivity contribution in [1.82, 2.24) is 15.4 Å². The number of aromatic nitrogens is 1. The van der Waals surface area contributed by atoms with Crippen LogP contribution in [0.3, 0.4) is 0 Å². The fraction of sp³-hybridized carbons (Fsp3) is 0.143. The number of hydrogen-bond donors (Lipinski definition) is 1. The molecule has 0 fully saturated rings. The Labute approximate surface area is 190 Å². The summed E-state index contributed by atoms with van der Waals surface area (Å²) in [4.78, 5) is 8.09. The maximum absolute atomic E-state index is 14.4. The molecule has 1 atom stereocenters. The summed E-state index contributed by atoms with van der Waals surface area (Å²) in [6.45, 7) is 0. The summed E-state index contributed by atoms with van der Waals surface area (Å²) in [5, 5.41) is 0.0215. The second-order valence-corrected chi connectivity index (χ2v) is 7.79. The SMILES string of the molecule is CN1NC(Cl)(c2c(F)cccc2Cl)N=C1c1ccc(Oc2ccc(C(F)(F)F)cn2)cc1. The van der Waals surface area contributed by atoms with Crippen molar-refractivity contribution in [1.29, 1.82) is 0 Å². The van der Waals surface area contributed by atoms with E-state index in [9.17, 15) is 17.6 Å². The predicted molar refractivity (Wildman–Crippen MR) is 112 cm³/mol. The molecule has 0 spiro atoms. The lowest BCUT2D eigenvalue weighted by Crippen LogP contribution is -2.42. The quantitative estimate of drug-likeness (QED) is 0.283. The number of pyridine rings is 1. The summed E-state index contributed by atoms with van der Waals surface area (Å²) in [5.41, 5.74) is 2.65. The molecular formula is C21H14Cl2F4N4O. The van der Waals surface area contributed by atoms with E-state index in [-0.39, 0.29) is 16.5 Å². The zero-order chi connectivity index (χ0) is 23.1. The number of benzene rings is 2. The predicted octanol–water partition coefficient (Wildman–Crippen LogP) is 5.93. The molecule has 1 aliphatic rings. The third-order valence-electron chi connectivity index (χ3n) is 4.59. The molecule has 1 unspecified atom stereocenters. The van der Waals surface area contributed by atoms with Crippen LogP contribution in [0.2, 0.25) is 5.02 Å². The standard InChI is InChI=1S/C21H14Cl2F4N4O/c1-31-19(29-20(23,30-31)18-15(22)3-2-4-16(18)24)12-5-8-14(9-6-12)32-17-10-7-13(11-28-17)21(25,26)27/h2-11,30H,1H3. The van der Waals surface area contributed by atoms with Crippen molar-refractivity contribution >= 4 is 29.0 Å². The van der Waals surface area contributed by atoms with Crippen LogP contribution in [0.15, 0.2) is 65.8 Å². The van der Waals surface area contributed by atoms with Gasteiger partial charge in [-0.15, -0.1) is 0 Å². The smallest absolute Gasteiger partial charge is 0.417 e. The fourth-order valence-electron chi connectivity index (χ4n) is 3.11. The van der Waals surface area contributed by atoms with Gasteiger partial charge in [0.05, 0.1) is 16.1 Å². The monoisotopic (exact) mass is 484 g/mol. The Morgan fingerprint density at radius 1 is 1.06 bits per heavy atom. The first-order chi connectivity index (χ1) is 15.1. The van der Waals surface area contributed by atoms with E-state index in [4.69, 9.17) is 27.9 Å². The first kappa shape index (κ1) is 22.3. The van der Waals surface area contributed by atoms with E-state index in [0.717, 1.165) is 12.1 Å². The molecule has 4 rings (SSSR count). The van der Waals surface area contributed by atoms with Crippen LogP contribution in [-0.4, -0.2) is 22.9 Å². The summed E-state index contributed by atoms with van der Waals surface area (Å²) in [6.07, 6.45) is -3.77. The minimum Gasteiger partial charge on any atom is -0.439 e. The maximum atomic E-state index is 14.4. The Hall–Kier alpha value is -2.88. The van der Waals surface area contributed by atoms with Crippen molar-refractivity contribution in [3.63, 3.8) is 0 Å². The normalized spacial score (nSPS) is 18.6. The molecule has 166 valence electrons. The Morgan fingerprint density at radius 3 is 2.38 bits per heavy atom. The molecule has 1 aliphatic heterocycles. The van der Waals surface area contributed by atoms with Crippen LogP contribution < -0.4 is 10.2 Å². The number of halogens is 6. The van der Waals surface area contributed by atoms with Crippen LogP contribution >= 0.6 is 23.2 Å². The van der Waals surface area contributed by atoms with Crippen molar-refractivity contribution in [2.24, 2.45) is 4.99 Å². The molecular weight excluding hydrogens is 471 g/mol. The largest absolute Gasteiger partial charge is 0.439 e. The second-order valence-electron chi connectivity index (χ2n) is 6.83. The van der Waals surface area contributed by atoms with Gasteiger partial charge < -0.3 is 4.74 Å². The highest BCUT2D eigenvalue weighted by Crippen LogP contribution is 2.39. The number of hydrazine groups is 1. The Kier molecular flexibility index (Phi) is 5.74. The first-order valence-electron chi connectivity index (χ1n) is 9.13. The number of ether oxygens (including phenoxy) is 1. The van der Waals surface area contributed by atoms with Gasteiger partial charge in [0.25, 0.3) is 0 Å².